The summed E-state index contributed by atoms with van der Waals surface area (Å²) < 4.78 is 60.1. The topological polar surface area (TPSA) is 34.1 Å². The molecule has 106 valence electrons. The lowest BCUT2D eigenvalue weighted by molar-refractivity contribution is -0.137. The predicted octanol–water partition coefficient (Wildman–Crippen LogP) is 3.58. The molecule has 0 aliphatic carbocycles. The fraction of sp³-hybridized carbons (Fsp3) is 0.500. The molecule has 1 aliphatic heterocycles. The van der Waals surface area contributed by atoms with Crippen LogP contribution in [0.1, 0.15) is 22.4 Å². The molecular weight excluding hydrogens is 345 g/mol. The minimum atomic E-state index is -4.35. The molecule has 2 atom stereocenters. The standard InChI is InChI=1S/C12H12BrF3O2S/c13-11(9-5-6-19(17,18)7-9)8-1-3-10(4-2-8)12(14,15)16/h1-4,9,11H,5-7H2. The van der Waals surface area contributed by atoms with Gasteiger partial charge in [-0.2, -0.15) is 13.2 Å². The van der Waals surface area contributed by atoms with Crippen molar-refractivity contribution in [3.05, 3.63) is 35.4 Å². The summed E-state index contributed by atoms with van der Waals surface area (Å²) in [5, 5.41) is 0. The highest BCUT2D eigenvalue weighted by Gasteiger charge is 2.34. The second-order valence-corrected chi connectivity index (χ2v) is 7.90. The maximum absolute atomic E-state index is 12.4. The summed E-state index contributed by atoms with van der Waals surface area (Å²) in [5.74, 6) is 0.159. The van der Waals surface area contributed by atoms with Crippen molar-refractivity contribution < 1.29 is 21.6 Å². The molecule has 1 aromatic rings. The van der Waals surface area contributed by atoms with Gasteiger partial charge >= 0.3 is 6.18 Å². The first-order chi connectivity index (χ1) is 8.69. The molecular formula is C12H12BrF3O2S. The average Bonchev–Trinajstić information content (AvgIpc) is 2.68. The van der Waals surface area contributed by atoms with E-state index in [1.54, 1.807) is 0 Å². The third-order valence-electron chi connectivity index (χ3n) is 3.24. The van der Waals surface area contributed by atoms with Crippen LogP contribution in [0.4, 0.5) is 13.2 Å². The molecule has 0 N–H and O–H groups in total. The number of alkyl halides is 4. The van der Waals surface area contributed by atoms with E-state index >= 15 is 0 Å². The molecule has 1 saturated heterocycles. The van der Waals surface area contributed by atoms with E-state index in [1.807, 2.05) is 0 Å². The molecule has 0 bridgehead atoms. The lowest BCUT2D eigenvalue weighted by Crippen LogP contribution is -2.11. The molecule has 0 amide bonds. The number of rotatable bonds is 2. The molecule has 2 nitrogen and oxygen atoms in total. The molecule has 0 radical (unpaired) electrons. The van der Waals surface area contributed by atoms with Gasteiger partial charge in [-0.15, -0.1) is 0 Å². The third kappa shape index (κ3) is 3.51. The van der Waals surface area contributed by atoms with Crippen LogP contribution in [0.5, 0.6) is 0 Å². The monoisotopic (exact) mass is 356 g/mol. The predicted molar refractivity (Wildman–Crippen MR) is 69.9 cm³/mol. The minimum absolute atomic E-state index is 0.0817. The van der Waals surface area contributed by atoms with Gasteiger partial charge < -0.3 is 0 Å². The van der Waals surface area contributed by atoms with Crippen LogP contribution in [-0.2, 0) is 16.0 Å². The van der Waals surface area contributed by atoms with E-state index in [0.29, 0.717) is 12.0 Å². The highest BCUT2D eigenvalue weighted by atomic mass is 79.9. The zero-order chi connectivity index (χ0) is 14.3. The van der Waals surface area contributed by atoms with Crippen molar-refractivity contribution in [3.8, 4) is 0 Å². The summed E-state index contributed by atoms with van der Waals surface area (Å²) >= 11 is 3.39. The number of halogens is 4. The van der Waals surface area contributed by atoms with Crippen molar-refractivity contribution in [3.63, 3.8) is 0 Å². The fourth-order valence-corrected chi connectivity index (χ4v) is 5.03. The number of sulfone groups is 1. The summed E-state index contributed by atoms with van der Waals surface area (Å²) in [6, 6.07) is 4.83. The van der Waals surface area contributed by atoms with Crippen LogP contribution in [0.2, 0.25) is 0 Å². The van der Waals surface area contributed by atoms with Crippen LogP contribution in [-0.4, -0.2) is 19.9 Å². The molecule has 7 heteroatoms. The van der Waals surface area contributed by atoms with Gasteiger partial charge in [-0.1, -0.05) is 28.1 Å². The van der Waals surface area contributed by atoms with Gasteiger partial charge in [-0.3, -0.25) is 0 Å². The van der Waals surface area contributed by atoms with E-state index in [-0.39, 0.29) is 22.3 Å². The van der Waals surface area contributed by atoms with Crippen LogP contribution in [0.3, 0.4) is 0 Å². The second-order valence-electron chi connectivity index (χ2n) is 4.68. The van der Waals surface area contributed by atoms with E-state index in [1.165, 1.54) is 12.1 Å². The molecule has 0 saturated carbocycles. The molecule has 1 aromatic carbocycles. The SMILES string of the molecule is O=S1(=O)CCC(C(Br)c2ccc(C(F)(F)F)cc2)C1. The Bertz CT molecular complexity index is 551. The lowest BCUT2D eigenvalue weighted by atomic mass is 9.98. The second kappa shape index (κ2) is 5.09. The Kier molecular flexibility index (Phi) is 3.97. The van der Waals surface area contributed by atoms with E-state index in [2.05, 4.69) is 15.9 Å². The maximum Gasteiger partial charge on any atom is 0.416 e. The molecule has 19 heavy (non-hydrogen) atoms. The minimum Gasteiger partial charge on any atom is -0.229 e. The summed E-state index contributed by atoms with van der Waals surface area (Å²) in [4.78, 5) is -0.230. The normalized spacial score (nSPS) is 24.3. The molecule has 0 aromatic heterocycles. The highest BCUT2D eigenvalue weighted by molar-refractivity contribution is 9.09. The first kappa shape index (κ1) is 14.8. The average molecular weight is 357 g/mol. The van der Waals surface area contributed by atoms with Gasteiger partial charge in [0, 0.05) is 4.83 Å². The quantitative estimate of drug-likeness (QED) is 0.759. The van der Waals surface area contributed by atoms with Gasteiger partial charge in [0.25, 0.3) is 0 Å². The van der Waals surface area contributed by atoms with Crippen LogP contribution < -0.4 is 0 Å². The van der Waals surface area contributed by atoms with Crippen molar-refractivity contribution >= 4 is 25.8 Å². The smallest absolute Gasteiger partial charge is 0.229 e. The van der Waals surface area contributed by atoms with Crippen molar-refractivity contribution in [2.75, 3.05) is 11.5 Å². The Balaban J connectivity index is 2.15. The Hall–Kier alpha value is -0.560. The highest BCUT2D eigenvalue weighted by Crippen LogP contribution is 2.38. The number of hydrogen-bond donors (Lipinski definition) is 0. The number of hydrogen-bond acceptors (Lipinski definition) is 2. The Morgan fingerprint density at radius 3 is 2.21 bits per heavy atom. The van der Waals surface area contributed by atoms with E-state index < -0.39 is 21.6 Å². The van der Waals surface area contributed by atoms with Gasteiger partial charge in [-0.05, 0) is 30.0 Å². The van der Waals surface area contributed by atoms with Crippen LogP contribution in [0, 0.1) is 5.92 Å². The Morgan fingerprint density at radius 2 is 1.79 bits per heavy atom. The molecule has 2 unspecified atom stereocenters. The third-order valence-corrected chi connectivity index (χ3v) is 6.31. The summed E-state index contributed by atoms with van der Waals surface area (Å²) in [6.07, 6.45) is -3.81. The van der Waals surface area contributed by atoms with Gasteiger partial charge in [0.15, 0.2) is 9.84 Å². The van der Waals surface area contributed by atoms with Gasteiger partial charge in [0.05, 0.1) is 17.1 Å². The first-order valence-corrected chi connectivity index (χ1v) is 8.44. The van der Waals surface area contributed by atoms with E-state index in [0.717, 1.165) is 12.1 Å². The van der Waals surface area contributed by atoms with Crippen LogP contribution >= 0.6 is 15.9 Å². The lowest BCUT2D eigenvalue weighted by Gasteiger charge is -2.17. The Labute approximate surface area is 118 Å². The van der Waals surface area contributed by atoms with Crippen molar-refractivity contribution in [2.24, 2.45) is 5.92 Å². The Morgan fingerprint density at radius 1 is 1.21 bits per heavy atom. The molecule has 1 fully saturated rings. The number of benzene rings is 1. The van der Waals surface area contributed by atoms with Crippen LogP contribution in [0.25, 0.3) is 0 Å². The summed E-state index contributed by atoms with van der Waals surface area (Å²) in [6.45, 7) is 0. The van der Waals surface area contributed by atoms with E-state index in [9.17, 15) is 21.6 Å². The zero-order valence-electron chi connectivity index (χ0n) is 9.82. The summed E-state index contributed by atoms with van der Waals surface area (Å²) in [5.41, 5.74) is -0.0231. The molecule has 2 rings (SSSR count). The van der Waals surface area contributed by atoms with Crippen molar-refractivity contribution in [1.82, 2.24) is 0 Å². The van der Waals surface area contributed by atoms with Gasteiger partial charge in [0.2, 0.25) is 0 Å². The van der Waals surface area contributed by atoms with Crippen molar-refractivity contribution in [2.45, 2.75) is 17.4 Å². The molecule has 0 spiro atoms. The van der Waals surface area contributed by atoms with Crippen LogP contribution in [0.15, 0.2) is 24.3 Å². The molecule has 1 heterocycles. The largest absolute Gasteiger partial charge is 0.416 e. The van der Waals surface area contributed by atoms with Crippen molar-refractivity contribution in [1.29, 1.82) is 0 Å². The first-order valence-electron chi connectivity index (χ1n) is 5.71. The van der Waals surface area contributed by atoms with Gasteiger partial charge in [-0.25, -0.2) is 8.42 Å². The fourth-order valence-electron chi connectivity index (χ4n) is 2.18. The van der Waals surface area contributed by atoms with Gasteiger partial charge in [0.1, 0.15) is 0 Å². The van der Waals surface area contributed by atoms with E-state index in [4.69, 9.17) is 0 Å². The molecule has 1 aliphatic rings. The maximum atomic E-state index is 12.4. The summed E-state index contributed by atoms with van der Waals surface area (Å²) in [7, 11) is -2.99. The zero-order valence-corrected chi connectivity index (χ0v) is 12.2.